The molecular formula is C25H29N3O5. The molecule has 1 aliphatic heterocycles. The highest BCUT2D eigenvalue weighted by atomic mass is 16.5. The summed E-state index contributed by atoms with van der Waals surface area (Å²) >= 11 is 0. The molecule has 0 saturated carbocycles. The molecule has 1 N–H and O–H groups in total. The van der Waals surface area contributed by atoms with Crippen molar-refractivity contribution in [2.45, 2.75) is 38.8 Å². The lowest BCUT2D eigenvalue weighted by Crippen LogP contribution is -2.48. The average Bonchev–Trinajstić information content (AvgIpc) is 3.26. The van der Waals surface area contributed by atoms with Gasteiger partial charge in [0.05, 0.1) is 13.7 Å². The van der Waals surface area contributed by atoms with Crippen molar-refractivity contribution < 1.29 is 23.9 Å². The molecule has 1 heterocycles. The van der Waals surface area contributed by atoms with Gasteiger partial charge >= 0.3 is 12.1 Å². The molecule has 0 aromatic heterocycles. The van der Waals surface area contributed by atoms with Gasteiger partial charge in [-0.1, -0.05) is 54.1 Å². The van der Waals surface area contributed by atoms with Gasteiger partial charge in [0.15, 0.2) is 0 Å². The monoisotopic (exact) mass is 451 g/mol. The number of carbonyl (C=O) groups excluding carboxylic acids is 4. The first-order chi connectivity index (χ1) is 15.7. The molecule has 174 valence electrons. The number of fused-ring (bicyclic) bond motifs is 1. The van der Waals surface area contributed by atoms with Gasteiger partial charge in [-0.15, -0.1) is 0 Å². The number of methoxy groups -OCH3 is 1. The molecule has 0 bridgehead atoms. The first-order valence-electron chi connectivity index (χ1n) is 10.7. The summed E-state index contributed by atoms with van der Waals surface area (Å²) in [6, 6.07) is 15.4. The molecule has 1 spiro atoms. The van der Waals surface area contributed by atoms with Gasteiger partial charge in [-0.25, -0.2) is 9.59 Å². The van der Waals surface area contributed by atoms with Crippen LogP contribution in [-0.4, -0.2) is 59.9 Å². The summed E-state index contributed by atoms with van der Waals surface area (Å²) in [6.45, 7) is 3.93. The molecular weight excluding hydrogens is 422 g/mol. The van der Waals surface area contributed by atoms with E-state index in [2.05, 4.69) is 22.2 Å². The SMILES string of the molecule is COC(=O)N(CC(C)=O)Cc1ccccc1.Cc1ccc2c(c1)CC1(C2)C(=O)NC(=O)N1C. The number of rotatable bonds is 4. The molecule has 1 aliphatic carbocycles. The van der Waals surface area contributed by atoms with Crippen LogP contribution < -0.4 is 5.32 Å². The zero-order valence-electron chi connectivity index (χ0n) is 19.4. The fraction of sp³-hybridized carbons (Fsp3) is 0.360. The maximum Gasteiger partial charge on any atom is 0.410 e. The maximum atomic E-state index is 12.0. The average molecular weight is 452 g/mol. The second kappa shape index (κ2) is 9.85. The number of aryl methyl sites for hydroxylation is 1. The van der Waals surface area contributed by atoms with Gasteiger partial charge in [-0.2, -0.15) is 0 Å². The zero-order chi connectivity index (χ0) is 24.2. The number of nitrogens with zero attached hydrogens (tertiary/aromatic N) is 2. The van der Waals surface area contributed by atoms with E-state index in [9.17, 15) is 19.2 Å². The van der Waals surface area contributed by atoms with Gasteiger partial charge in [0.2, 0.25) is 0 Å². The number of hydrogen-bond acceptors (Lipinski definition) is 5. The summed E-state index contributed by atoms with van der Waals surface area (Å²) in [5.41, 5.74) is 3.82. The molecule has 2 aromatic rings. The summed E-state index contributed by atoms with van der Waals surface area (Å²) in [5.74, 6) is -0.236. The minimum Gasteiger partial charge on any atom is -0.453 e. The predicted molar refractivity (Wildman–Crippen MR) is 123 cm³/mol. The number of ketones is 1. The van der Waals surface area contributed by atoms with Gasteiger partial charge in [-0.3, -0.25) is 19.8 Å². The van der Waals surface area contributed by atoms with Crippen molar-refractivity contribution >= 4 is 23.8 Å². The van der Waals surface area contributed by atoms with Crippen LogP contribution in [0.1, 0.15) is 29.2 Å². The van der Waals surface area contributed by atoms with E-state index in [4.69, 9.17) is 0 Å². The number of hydrogen-bond donors (Lipinski definition) is 1. The number of imide groups is 1. The third-order valence-electron chi connectivity index (χ3n) is 5.98. The highest BCUT2D eigenvalue weighted by Crippen LogP contribution is 2.37. The van der Waals surface area contributed by atoms with Crippen LogP contribution in [0.2, 0.25) is 0 Å². The van der Waals surface area contributed by atoms with Crippen LogP contribution in [0, 0.1) is 6.92 Å². The standard InChI is InChI=1S/C13H14N2O2.C12H15NO3/c1-8-3-4-9-6-13(7-10(9)5-8)11(16)14-12(17)15(13)2;1-10(14)8-13(12(15)16-2)9-11-6-4-3-5-7-11/h3-5H,6-7H2,1-2H3,(H,14,16,17);3-7H,8-9H2,1-2H3. The molecule has 1 atom stereocenters. The molecule has 1 fully saturated rings. The first-order valence-corrected chi connectivity index (χ1v) is 10.7. The largest absolute Gasteiger partial charge is 0.453 e. The van der Waals surface area contributed by atoms with Crippen LogP contribution in [0.4, 0.5) is 9.59 Å². The summed E-state index contributed by atoms with van der Waals surface area (Å²) in [6.07, 6.45) is 0.758. The summed E-state index contributed by atoms with van der Waals surface area (Å²) in [4.78, 5) is 48.9. The van der Waals surface area contributed by atoms with E-state index in [1.54, 1.807) is 11.9 Å². The minimum atomic E-state index is -0.687. The second-order valence-corrected chi connectivity index (χ2v) is 8.49. The highest BCUT2D eigenvalue weighted by molar-refractivity contribution is 6.07. The quantitative estimate of drug-likeness (QED) is 0.721. The van der Waals surface area contributed by atoms with Crippen LogP contribution in [0.5, 0.6) is 0 Å². The van der Waals surface area contributed by atoms with Gasteiger partial charge in [0.1, 0.15) is 11.3 Å². The topological polar surface area (TPSA) is 96.0 Å². The Morgan fingerprint density at radius 2 is 1.76 bits per heavy atom. The van der Waals surface area contributed by atoms with Crippen molar-refractivity contribution in [1.29, 1.82) is 0 Å². The fourth-order valence-electron chi connectivity index (χ4n) is 4.21. The smallest absolute Gasteiger partial charge is 0.410 e. The van der Waals surface area contributed by atoms with Crippen LogP contribution in [0.15, 0.2) is 48.5 Å². The molecule has 4 amide bonds. The number of nitrogens with one attached hydrogen (secondary N) is 1. The van der Waals surface area contributed by atoms with E-state index in [0.717, 1.165) is 5.56 Å². The van der Waals surface area contributed by atoms with Crippen molar-refractivity contribution in [3.05, 3.63) is 70.8 Å². The maximum absolute atomic E-state index is 12.0. The second-order valence-electron chi connectivity index (χ2n) is 8.49. The molecule has 33 heavy (non-hydrogen) atoms. The van der Waals surface area contributed by atoms with Gasteiger partial charge < -0.3 is 9.64 Å². The Hall–Kier alpha value is -3.68. The van der Waals surface area contributed by atoms with Crippen LogP contribution in [-0.2, 0) is 33.7 Å². The number of urea groups is 1. The molecule has 0 radical (unpaired) electrons. The number of likely N-dealkylation sites (N-methyl/N-ethyl adjacent to an activating group) is 1. The van der Waals surface area contributed by atoms with Gasteiger partial charge in [-0.05, 0) is 30.5 Å². The van der Waals surface area contributed by atoms with E-state index in [-0.39, 0.29) is 24.3 Å². The molecule has 2 aromatic carbocycles. The number of benzene rings is 2. The third kappa shape index (κ3) is 5.22. The van der Waals surface area contributed by atoms with Crippen molar-refractivity contribution in [1.82, 2.24) is 15.1 Å². The first kappa shape index (κ1) is 24.0. The lowest BCUT2D eigenvalue weighted by molar-refractivity contribution is -0.125. The van der Waals surface area contributed by atoms with E-state index in [1.807, 2.05) is 43.3 Å². The van der Waals surface area contributed by atoms with Gasteiger partial charge in [0, 0.05) is 26.4 Å². The summed E-state index contributed by atoms with van der Waals surface area (Å²) < 4.78 is 4.62. The normalized spacial score (nSPS) is 18.4. The third-order valence-corrected chi connectivity index (χ3v) is 5.98. The Balaban J connectivity index is 0.000000186. The number of Topliss-reactive ketones (excluding diaryl/α,β-unsaturated/α-hetero) is 1. The van der Waals surface area contributed by atoms with Gasteiger partial charge in [0.25, 0.3) is 5.91 Å². The van der Waals surface area contributed by atoms with E-state index in [1.165, 1.54) is 35.6 Å². The van der Waals surface area contributed by atoms with Crippen molar-refractivity contribution in [3.63, 3.8) is 0 Å². The zero-order valence-corrected chi connectivity index (χ0v) is 19.4. The molecule has 8 nitrogen and oxygen atoms in total. The predicted octanol–water partition coefficient (Wildman–Crippen LogP) is 2.86. The Labute approximate surface area is 193 Å². The molecule has 2 aliphatic rings. The van der Waals surface area contributed by atoms with Crippen molar-refractivity contribution in [2.75, 3.05) is 20.7 Å². The number of amides is 4. The Kier molecular flexibility index (Phi) is 7.16. The van der Waals surface area contributed by atoms with Crippen LogP contribution in [0.3, 0.4) is 0 Å². The molecule has 1 saturated heterocycles. The lowest BCUT2D eigenvalue weighted by atomic mass is 9.95. The van der Waals surface area contributed by atoms with Crippen molar-refractivity contribution in [3.8, 4) is 0 Å². The van der Waals surface area contributed by atoms with E-state index < -0.39 is 11.6 Å². The summed E-state index contributed by atoms with van der Waals surface area (Å²) in [7, 11) is 3.00. The van der Waals surface area contributed by atoms with Crippen molar-refractivity contribution in [2.24, 2.45) is 0 Å². The molecule has 1 unspecified atom stereocenters. The van der Waals surface area contributed by atoms with E-state index >= 15 is 0 Å². The van der Waals surface area contributed by atoms with Crippen LogP contribution in [0.25, 0.3) is 0 Å². The molecule has 4 rings (SSSR count). The lowest BCUT2D eigenvalue weighted by Gasteiger charge is -2.27. The Morgan fingerprint density at radius 3 is 2.33 bits per heavy atom. The Morgan fingerprint density at radius 1 is 1.09 bits per heavy atom. The number of carbonyl (C=O) groups is 4. The molecule has 8 heteroatoms. The fourth-order valence-corrected chi connectivity index (χ4v) is 4.21. The minimum absolute atomic E-state index is 0.0682. The van der Waals surface area contributed by atoms with Crippen LogP contribution >= 0.6 is 0 Å². The summed E-state index contributed by atoms with van der Waals surface area (Å²) in [5, 5.41) is 2.40. The van der Waals surface area contributed by atoms with E-state index in [0.29, 0.717) is 19.4 Å². The highest BCUT2D eigenvalue weighted by Gasteiger charge is 2.54. The Bertz CT molecular complexity index is 1070. The number of ether oxygens (including phenoxy) is 1.